The van der Waals surface area contributed by atoms with E-state index in [0.29, 0.717) is 6.54 Å². The van der Waals surface area contributed by atoms with Gasteiger partial charge in [-0.25, -0.2) is 0 Å². The predicted octanol–water partition coefficient (Wildman–Crippen LogP) is 3.61. The van der Waals surface area contributed by atoms with E-state index in [0.717, 1.165) is 30.2 Å². The van der Waals surface area contributed by atoms with Crippen molar-refractivity contribution in [2.45, 2.75) is 20.0 Å². The van der Waals surface area contributed by atoms with Crippen molar-refractivity contribution in [2.75, 3.05) is 13.1 Å². The van der Waals surface area contributed by atoms with Crippen LogP contribution in [-0.4, -0.2) is 18.0 Å². The van der Waals surface area contributed by atoms with Gasteiger partial charge in [0.15, 0.2) is 0 Å². The summed E-state index contributed by atoms with van der Waals surface area (Å²) in [5.74, 6) is 0. The number of halogens is 1. The van der Waals surface area contributed by atoms with Gasteiger partial charge in [-0.3, -0.25) is 4.90 Å². The molecule has 2 aromatic rings. The lowest BCUT2D eigenvalue weighted by atomic mass is 10.1. The van der Waals surface area contributed by atoms with Crippen LogP contribution >= 0.6 is 11.6 Å². The minimum atomic E-state index is 0.666. The average Bonchev–Trinajstić information content (AvgIpc) is 2.44. The van der Waals surface area contributed by atoms with E-state index in [-0.39, 0.29) is 0 Å². The van der Waals surface area contributed by atoms with Gasteiger partial charge >= 0.3 is 0 Å². The fourth-order valence-electron chi connectivity index (χ4n) is 2.30. The molecule has 0 bridgehead atoms. The van der Waals surface area contributed by atoms with E-state index in [1.807, 2.05) is 19.1 Å². The predicted molar refractivity (Wildman–Crippen MR) is 85.8 cm³/mol. The van der Waals surface area contributed by atoms with Crippen molar-refractivity contribution < 1.29 is 0 Å². The van der Waals surface area contributed by atoms with Gasteiger partial charge in [0.05, 0.1) is 0 Å². The summed E-state index contributed by atoms with van der Waals surface area (Å²) in [5, 5.41) is 0.821. The summed E-state index contributed by atoms with van der Waals surface area (Å²) in [6, 6.07) is 16.7. The van der Waals surface area contributed by atoms with Crippen LogP contribution in [0.4, 0.5) is 0 Å². The molecule has 106 valence electrons. The highest BCUT2D eigenvalue weighted by molar-refractivity contribution is 6.31. The quantitative estimate of drug-likeness (QED) is 0.880. The molecule has 2 nitrogen and oxygen atoms in total. The first kappa shape index (κ1) is 15.0. The second kappa shape index (κ2) is 7.44. The highest BCUT2D eigenvalue weighted by Crippen LogP contribution is 2.18. The molecule has 2 rings (SSSR count). The van der Waals surface area contributed by atoms with Crippen molar-refractivity contribution in [2.24, 2.45) is 5.73 Å². The molecule has 0 aliphatic heterocycles. The molecule has 0 aromatic heterocycles. The molecule has 0 saturated heterocycles. The third-order valence-electron chi connectivity index (χ3n) is 3.32. The third-order valence-corrected chi connectivity index (χ3v) is 3.75. The lowest BCUT2D eigenvalue weighted by molar-refractivity contribution is 0.264. The summed E-state index contributed by atoms with van der Waals surface area (Å²) in [6.45, 7) is 5.40. The Morgan fingerprint density at radius 3 is 2.35 bits per heavy atom. The van der Waals surface area contributed by atoms with Crippen LogP contribution in [0.5, 0.6) is 0 Å². The number of aryl methyl sites for hydroxylation is 1. The Bertz CT molecular complexity index is 540. The van der Waals surface area contributed by atoms with Gasteiger partial charge < -0.3 is 5.73 Å². The molecule has 3 heteroatoms. The molecule has 20 heavy (non-hydrogen) atoms. The number of rotatable bonds is 6. The van der Waals surface area contributed by atoms with Gasteiger partial charge in [0.25, 0.3) is 0 Å². The zero-order valence-corrected chi connectivity index (χ0v) is 12.6. The maximum Gasteiger partial charge on any atom is 0.0435 e. The Labute approximate surface area is 126 Å². The van der Waals surface area contributed by atoms with Crippen molar-refractivity contribution in [1.29, 1.82) is 0 Å². The Kier molecular flexibility index (Phi) is 5.60. The Balaban J connectivity index is 2.06. The van der Waals surface area contributed by atoms with Crippen molar-refractivity contribution in [3.63, 3.8) is 0 Å². The molecule has 0 saturated carbocycles. The smallest absolute Gasteiger partial charge is 0.0435 e. The molecule has 2 aromatic carbocycles. The van der Waals surface area contributed by atoms with Crippen LogP contribution in [0.1, 0.15) is 16.7 Å². The first-order valence-corrected chi connectivity index (χ1v) is 7.28. The van der Waals surface area contributed by atoms with Crippen LogP contribution in [0.25, 0.3) is 0 Å². The molecule has 0 fully saturated rings. The SMILES string of the molecule is Cc1cc(CN(CCN)Cc2ccccc2)ccc1Cl. The fourth-order valence-corrected chi connectivity index (χ4v) is 2.42. The van der Waals surface area contributed by atoms with Crippen LogP contribution in [0.15, 0.2) is 48.5 Å². The summed E-state index contributed by atoms with van der Waals surface area (Å²) >= 11 is 6.07. The van der Waals surface area contributed by atoms with E-state index in [1.165, 1.54) is 11.1 Å². The van der Waals surface area contributed by atoms with Crippen molar-refractivity contribution in [3.8, 4) is 0 Å². The monoisotopic (exact) mass is 288 g/mol. The minimum Gasteiger partial charge on any atom is -0.329 e. The van der Waals surface area contributed by atoms with Gasteiger partial charge in [-0.05, 0) is 29.7 Å². The normalized spacial score (nSPS) is 11.0. The molecule has 0 aliphatic rings. The molecule has 2 N–H and O–H groups in total. The number of hydrogen-bond donors (Lipinski definition) is 1. The number of nitrogens with zero attached hydrogens (tertiary/aromatic N) is 1. The lowest BCUT2D eigenvalue weighted by Crippen LogP contribution is -2.28. The van der Waals surface area contributed by atoms with Crippen LogP contribution in [0, 0.1) is 6.92 Å². The zero-order chi connectivity index (χ0) is 14.4. The number of benzene rings is 2. The van der Waals surface area contributed by atoms with E-state index in [1.54, 1.807) is 0 Å². The summed E-state index contributed by atoms with van der Waals surface area (Å²) in [4.78, 5) is 2.36. The van der Waals surface area contributed by atoms with Gasteiger partial charge in [-0.1, -0.05) is 54.1 Å². The summed E-state index contributed by atoms with van der Waals surface area (Å²) in [5.41, 5.74) is 9.44. The largest absolute Gasteiger partial charge is 0.329 e. The first-order chi connectivity index (χ1) is 9.69. The summed E-state index contributed by atoms with van der Waals surface area (Å²) < 4.78 is 0. The van der Waals surface area contributed by atoms with Gasteiger partial charge in [-0.15, -0.1) is 0 Å². The van der Waals surface area contributed by atoms with Crippen LogP contribution in [0.3, 0.4) is 0 Å². The molecule has 0 amide bonds. The van der Waals surface area contributed by atoms with Crippen molar-refractivity contribution >= 4 is 11.6 Å². The lowest BCUT2D eigenvalue weighted by Gasteiger charge is -2.22. The Morgan fingerprint density at radius 1 is 1.00 bits per heavy atom. The first-order valence-electron chi connectivity index (χ1n) is 6.90. The Hall–Kier alpha value is -1.35. The minimum absolute atomic E-state index is 0.666. The molecule has 0 atom stereocenters. The van der Waals surface area contributed by atoms with Crippen molar-refractivity contribution in [3.05, 3.63) is 70.2 Å². The maximum absolute atomic E-state index is 6.07. The number of hydrogen-bond acceptors (Lipinski definition) is 2. The zero-order valence-electron chi connectivity index (χ0n) is 11.8. The van der Waals surface area contributed by atoms with Crippen LogP contribution in [0.2, 0.25) is 5.02 Å². The van der Waals surface area contributed by atoms with Crippen molar-refractivity contribution in [1.82, 2.24) is 4.90 Å². The summed E-state index contributed by atoms with van der Waals surface area (Å²) in [6.07, 6.45) is 0. The van der Waals surface area contributed by atoms with Crippen LogP contribution in [-0.2, 0) is 13.1 Å². The van der Waals surface area contributed by atoms with Gasteiger partial charge in [0.1, 0.15) is 0 Å². The van der Waals surface area contributed by atoms with Gasteiger partial charge in [-0.2, -0.15) is 0 Å². The number of nitrogens with two attached hydrogens (primary N) is 1. The van der Waals surface area contributed by atoms with Gasteiger partial charge in [0, 0.05) is 31.2 Å². The van der Waals surface area contributed by atoms with E-state index in [2.05, 4.69) is 41.3 Å². The topological polar surface area (TPSA) is 29.3 Å². The highest BCUT2D eigenvalue weighted by Gasteiger charge is 2.07. The van der Waals surface area contributed by atoms with Crippen LogP contribution < -0.4 is 5.73 Å². The Morgan fingerprint density at radius 2 is 1.70 bits per heavy atom. The average molecular weight is 289 g/mol. The highest BCUT2D eigenvalue weighted by atomic mass is 35.5. The molecule has 0 aliphatic carbocycles. The van der Waals surface area contributed by atoms with E-state index in [4.69, 9.17) is 17.3 Å². The molecule has 0 spiro atoms. The molecular formula is C17H21ClN2. The second-order valence-electron chi connectivity index (χ2n) is 5.07. The molecule has 0 radical (unpaired) electrons. The fraction of sp³-hybridized carbons (Fsp3) is 0.294. The molecule has 0 heterocycles. The van der Waals surface area contributed by atoms with E-state index < -0.39 is 0 Å². The molecular weight excluding hydrogens is 268 g/mol. The molecule has 0 unspecified atom stereocenters. The van der Waals surface area contributed by atoms with E-state index >= 15 is 0 Å². The second-order valence-corrected chi connectivity index (χ2v) is 5.48. The maximum atomic E-state index is 6.07. The van der Waals surface area contributed by atoms with E-state index in [9.17, 15) is 0 Å². The van der Waals surface area contributed by atoms with Gasteiger partial charge in [0.2, 0.25) is 0 Å². The standard InChI is InChI=1S/C17H21ClN2/c1-14-11-16(7-8-17(14)18)13-20(10-9-19)12-15-5-3-2-4-6-15/h2-8,11H,9-10,12-13,19H2,1H3. The summed E-state index contributed by atoms with van der Waals surface area (Å²) in [7, 11) is 0. The third kappa shape index (κ3) is 4.34.